The van der Waals surface area contributed by atoms with E-state index < -0.39 is 11.6 Å². The van der Waals surface area contributed by atoms with Crippen molar-refractivity contribution in [3.8, 4) is 6.07 Å². The van der Waals surface area contributed by atoms with Gasteiger partial charge in [0.1, 0.15) is 5.67 Å². The average molecular weight is 129 g/mol. The van der Waals surface area contributed by atoms with Gasteiger partial charge in [0.2, 0.25) is 0 Å². The van der Waals surface area contributed by atoms with Crippen LogP contribution in [-0.2, 0) is 0 Å². The molecule has 0 aromatic rings. The first-order valence-electron chi connectivity index (χ1n) is 3.11. The summed E-state index contributed by atoms with van der Waals surface area (Å²) in [6, 6.07) is 1.92. The largest absolute Gasteiger partial charge is 0.243 e. The molecule has 2 heteroatoms. The Morgan fingerprint density at radius 3 is 2.11 bits per heavy atom. The van der Waals surface area contributed by atoms with Crippen LogP contribution in [0.25, 0.3) is 0 Å². The van der Waals surface area contributed by atoms with Crippen LogP contribution in [0, 0.1) is 17.2 Å². The Labute approximate surface area is 55.5 Å². The lowest BCUT2D eigenvalue weighted by atomic mass is 9.92. The van der Waals surface area contributed by atoms with E-state index in [4.69, 9.17) is 5.26 Å². The second-order valence-electron chi connectivity index (χ2n) is 2.65. The Kier molecular flexibility index (Phi) is 2.64. The molecule has 0 saturated carbocycles. The lowest BCUT2D eigenvalue weighted by Gasteiger charge is -2.18. The molecule has 0 amide bonds. The molecule has 1 unspecified atom stereocenters. The van der Waals surface area contributed by atoms with Gasteiger partial charge in [-0.25, -0.2) is 4.39 Å². The molecule has 0 aliphatic carbocycles. The van der Waals surface area contributed by atoms with E-state index in [0.29, 0.717) is 6.42 Å². The van der Waals surface area contributed by atoms with Crippen LogP contribution in [-0.4, -0.2) is 5.67 Å². The van der Waals surface area contributed by atoms with Gasteiger partial charge in [-0.05, 0) is 20.3 Å². The van der Waals surface area contributed by atoms with Crippen molar-refractivity contribution in [3.05, 3.63) is 0 Å². The molecule has 0 spiro atoms. The van der Waals surface area contributed by atoms with Crippen LogP contribution in [0.3, 0.4) is 0 Å². The highest BCUT2D eigenvalue weighted by Crippen LogP contribution is 2.22. The van der Waals surface area contributed by atoms with Gasteiger partial charge >= 0.3 is 0 Å². The van der Waals surface area contributed by atoms with Crippen molar-refractivity contribution in [2.45, 2.75) is 32.9 Å². The summed E-state index contributed by atoms with van der Waals surface area (Å²) in [6.07, 6.45) is 0.583. The van der Waals surface area contributed by atoms with Crippen molar-refractivity contribution >= 4 is 0 Å². The monoisotopic (exact) mass is 129 g/mol. The Bertz CT molecular complexity index is 118. The molecule has 0 fully saturated rings. The number of alkyl halides is 1. The summed E-state index contributed by atoms with van der Waals surface area (Å²) in [5, 5.41) is 8.37. The minimum Gasteiger partial charge on any atom is -0.243 e. The van der Waals surface area contributed by atoms with Crippen molar-refractivity contribution in [3.63, 3.8) is 0 Å². The molecule has 52 valence electrons. The van der Waals surface area contributed by atoms with E-state index in [9.17, 15) is 4.39 Å². The SMILES string of the molecule is CCC(C#N)C(C)(C)F. The normalized spacial score (nSPS) is 14.6. The van der Waals surface area contributed by atoms with Crippen molar-refractivity contribution < 1.29 is 4.39 Å². The molecule has 0 aliphatic heterocycles. The average Bonchev–Trinajstić information content (AvgIpc) is 1.65. The summed E-state index contributed by atoms with van der Waals surface area (Å²) in [6.45, 7) is 4.68. The predicted molar refractivity (Wildman–Crippen MR) is 34.6 cm³/mol. The topological polar surface area (TPSA) is 23.8 Å². The molecule has 0 aliphatic rings. The molecule has 0 saturated heterocycles. The van der Waals surface area contributed by atoms with Gasteiger partial charge < -0.3 is 0 Å². The summed E-state index contributed by atoms with van der Waals surface area (Å²) in [4.78, 5) is 0. The molecule has 0 aromatic carbocycles. The van der Waals surface area contributed by atoms with E-state index in [2.05, 4.69) is 0 Å². The van der Waals surface area contributed by atoms with Crippen LogP contribution < -0.4 is 0 Å². The van der Waals surface area contributed by atoms with E-state index >= 15 is 0 Å². The first kappa shape index (κ1) is 8.42. The lowest BCUT2D eigenvalue weighted by molar-refractivity contribution is 0.155. The molecular formula is C7H12FN. The zero-order valence-electron chi connectivity index (χ0n) is 6.11. The van der Waals surface area contributed by atoms with Gasteiger partial charge in [0.25, 0.3) is 0 Å². The first-order valence-corrected chi connectivity index (χ1v) is 3.11. The maximum Gasteiger partial charge on any atom is 0.121 e. The maximum atomic E-state index is 12.8. The zero-order chi connectivity index (χ0) is 7.49. The minimum absolute atomic E-state index is 0.461. The Morgan fingerprint density at radius 2 is 2.11 bits per heavy atom. The highest BCUT2D eigenvalue weighted by molar-refractivity contribution is 4.92. The minimum atomic E-state index is -1.34. The van der Waals surface area contributed by atoms with Crippen LogP contribution in [0.1, 0.15) is 27.2 Å². The highest BCUT2D eigenvalue weighted by Gasteiger charge is 2.26. The smallest absolute Gasteiger partial charge is 0.121 e. The fourth-order valence-electron chi connectivity index (χ4n) is 0.730. The van der Waals surface area contributed by atoms with Crippen LogP contribution in [0.4, 0.5) is 4.39 Å². The molecule has 0 radical (unpaired) electrons. The fourth-order valence-corrected chi connectivity index (χ4v) is 0.730. The number of nitriles is 1. The van der Waals surface area contributed by atoms with E-state index in [1.165, 1.54) is 13.8 Å². The second kappa shape index (κ2) is 2.82. The second-order valence-corrected chi connectivity index (χ2v) is 2.65. The molecule has 0 N–H and O–H groups in total. The van der Waals surface area contributed by atoms with Crippen molar-refractivity contribution in [2.24, 2.45) is 5.92 Å². The van der Waals surface area contributed by atoms with Crippen molar-refractivity contribution in [1.82, 2.24) is 0 Å². The standard InChI is InChI=1S/C7H12FN/c1-4-6(5-9)7(2,3)8/h6H,4H2,1-3H3. The highest BCUT2D eigenvalue weighted by atomic mass is 19.1. The number of hydrogen-bond acceptors (Lipinski definition) is 1. The summed E-state index contributed by atoms with van der Waals surface area (Å²) >= 11 is 0. The third-order valence-corrected chi connectivity index (χ3v) is 1.39. The fraction of sp³-hybridized carbons (Fsp3) is 0.857. The molecule has 0 rings (SSSR count). The van der Waals surface area contributed by atoms with Crippen molar-refractivity contribution in [1.29, 1.82) is 5.26 Å². The third kappa shape index (κ3) is 2.46. The Balaban J connectivity index is 4.00. The number of halogens is 1. The van der Waals surface area contributed by atoms with Gasteiger partial charge in [-0.1, -0.05) is 6.92 Å². The van der Waals surface area contributed by atoms with E-state index in [1.54, 1.807) is 0 Å². The summed E-state index contributed by atoms with van der Waals surface area (Å²) in [5.41, 5.74) is -1.34. The van der Waals surface area contributed by atoms with E-state index in [-0.39, 0.29) is 0 Å². The Morgan fingerprint density at radius 1 is 1.67 bits per heavy atom. The predicted octanol–water partition coefficient (Wildman–Crippen LogP) is 2.28. The molecule has 0 heterocycles. The third-order valence-electron chi connectivity index (χ3n) is 1.39. The van der Waals surface area contributed by atoms with Gasteiger partial charge in [-0.3, -0.25) is 0 Å². The van der Waals surface area contributed by atoms with Gasteiger partial charge in [0.05, 0.1) is 12.0 Å². The lowest BCUT2D eigenvalue weighted by Crippen LogP contribution is -2.23. The molecule has 1 nitrogen and oxygen atoms in total. The van der Waals surface area contributed by atoms with Gasteiger partial charge in [0, 0.05) is 0 Å². The van der Waals surface area contributed by atoms with Crippen molar-refractivity contribution in [2.75, 3.05) is 0 Å². The van der Waals surface area contributed by atoms with Gasteiger partial charge in [0.15, 0.2) is 0 Å². The van der Waals surface area contributed by atoms with Crippen LogP contribution >= 0.6 is 0 Å². The molecular weight excluding hydrogens is 117 g/mol. The zero-order valence-corrected chi connectivity index (χ0v) is 6.11. The number of hydrogen-bond donors (Lipinski definition) is 0. The van der Waals surface area contributed by atoms with Gasteiger partial charge in [-0.2, -0.15) is 5.26 Å². The molecule has 0 aromatic heterocycles. The first-order chi connectivity index (χ1) is 4.02. The summed E-state index contributed by atoms with van der Waals surface area (Å²) < 4.78 is 12.8. The molecule has 0 bridgehead atoms. The Hall–Kier alpha value is -0.580. The van der Waals surface area contributed by atoms with Crippen LogP contribution in [0.5, 0.6) is 0 Å². The van der Waals surface area contributed by atoms with Crippen LogP contribution in [0.15, 0.2) is 0 Å². The quantitative estimate of drug-likeness (QED) is 0.561. The summed E-state index contributed by atoms with van der Waals surface area (Å²) in [5.74, 6) is -0.461. The van der Waals surface area contributed by atoms with Crippen LogP contribution in [0.2, 0.25) is 0 Å². The molecule has 9 heavy (non-hydrogen) atoms. The van der Waals surface area contributed by atoms with E-state index in [1.807, 2.05) is 13.0 Å². The van der Waals surface area contributed by atoms with E-state index in [0.717, 1.165) is 0 Å². The van der Waals surface area contributed by atoms with Gasteiger partial charge in [-0.15, -0.1) is 0 Å². The number of nitrogens with zero attached hydrogens (tertiary/aromatic N) is 1. The summed E-state index contributed by atoms with van der Waals surface area (Å²) in [7, 11) is 0. The number of rotatable bonds is 2. The molecule has 1 atom stereocenters. The maximum absolute atomic E-state index is 12.8.